The SMILES string of the molecule is CCC=C[SiH](C)C. The highest BCUT2D eigenvalue weighted by Gasteiger charge is 1.81. The van der Waals surface area contributed by atoms with E-state index >= 15 is 0 Å². The van der Waals surface area contributed by atoms with Crippen molar-refractivity contribution in [2.75, 3.05) is 0 Å². The lowest BCUT2D eigenvalue weighted by atomic mass is 10.5. The van der Waals surface area contributed by atoms with Crippen molar-refractivity contribution in [1.82, 2.24) is 0 Å². The highest BCUT2D eigenvalue weighted by molar-refractivity contribution is 6.61. The van der Waals surface area contributed by atoms with Crippen LogP contribution in [0.25, 0.3) is 0 Å². The Morgan fingerprint density at radius 2 is 2.00 bits per heavy atom. The second-order valence-electron chi connectivity index (χ2n) is 2.08. The molecular weight excluding hydrogens is 100 g/mol. The van der Waals surface area contributed by atoms with Crippen molar-refractivity contribution in [3.05, 3.63) is 11.8 Å². The van der Waals surface area contributed by atoms with Crippen LogP contribution in [0, 0.1) is 0 Å². The van der Waals surface area contributed by atoms with Gasteiger partial charge in [0.15, 0.2) is 0 Å². The molecule has 0 saturated heterocycles. The van der Waals surface area contributed by atoms with Gasteiger partial charge in [-0.15, -0.1) is 5.70 Å². The lowest BCUT2D eigenvalue weighted by Crippen LogP contribution is -1.91. The molecule has 0 aromatic heterocycles. The van der Waals surface area contributed by atoms with Gasteiger partial charge in [0.05, 0.1) is 8.80 Å². The Kier molecular flexibility index (Phi) is 4.10. The van der Waals surface area contributed by atoms with Crippen LogP contribution in [0.5, 0.6) is 0 Å². The molecule has 0 rings (SSSR count). The van der Waals surface area contributed by atoms with Gasteiger partial charge in [-0.2, -0.15) is 0 Å². The molecule has 0 spiro atoms. The molecule has 0 radical (unpaired) electrons. The third-order valence-corrected chi connectivity index (χ3v) is 1.80. The zero-order valence-corrected chi connectivity index (χ0v) is 6.59. The average Bonchev–Trinajstić information content (AvgIpc) is 1.61. The standard InChI is InChI=1S/C6H14Si/c1-4-5-6-7(2)3/h5-7H,4H2,1-3H3. The van der Waals surface area contributed by atoms with E-state index in [1.165, 1.54) is 6.42 Å². The fourth-order valence-electron chi connectivity index (χ4n) is 0.408. The van der Waals surface area contributed by atoms with Crippen molar-refractivity contribution < 1.29 is 0 Å². The lowest BCUT2D eigenvalue weighted by Gasteiger charge is -1.86. The van der Waals surface area contributed by atoms with Crippen LogP contribution >= 0.6 is 0 Å². The molecular formula is C6H14Si. The van der Waals surface area contributed by atoms with E-state index in [9.17, 15) is 0 Å². The summed E-state index contributed by atoms with van der Waals surface area (Å²) >= 11 is 0. The van der Waals surface area contributed by atoms with Crippen molar-refractivity contribution in [3.8, 4) is 0 Å². The molecule has 0 nitrogen and oxygen atoms in total. The van der Waals surface area contributed by atoms with Gasteiger partial charge in [0.25, 0.3) is 0 Å². The summed E-state index contributed by atoms with van der Waals surface area (Å²) < 4.78 is 0. The first-order chi connectivity index (χ1) is 3.27. The zero-order valence-electron chi connectivity index (χ0n) is 5.44. The minimum Gasteiger partial charge on any atom is -0.102 e. The summed E-state index contributed by atoms with van der Waals surface area (Å²) in [7, 11) is -0.369. The van der Waals surface area contributed by atoms with Crippen LogP contribution in [-0.4, -0.2) is 8.80 Å². The Hall–Kier alpha value is -0.0431. The molecule has 42 valence electrons. The van der Waals surface area contributed by atoms with Crippen LogP contribution < -0.4 is 0 Å². The Morgan fingerprint density at radius 1 is 1.43 bits per heavy atom. The number of rotatable bonds is 2. The molecule has 0 aromatic carbocycles. The van der Waals surface area contributed by atoms with Crippen molar-refractivity contribution in [1.29, 1.82) is 0 Å². The molecule has 0 atom stereocenters. The zero-order chi connectivity index (χ0) is 5.70. The maximum atomic E-state index is 2.36. The summed E-state index contributed by atoms with van der Waals surface area (Å²) in [4.78, 5) is 0. The summed E-state index contributed by atoms with van der Waals surface area (Å²) in [5.74, 6) is 0. The molecule has 0 aliphatic carbocycles. The van der Waals surface area contributed by atoms with Crippen LogP contribution in [0.3, 0.4) is 0 Å². The fraction of sp³-hybridized carbons (Fsp3) is 0.667. The Morgan fingerprint density at radius 3 is 2.14 bits per heavy atom. The predicted octanol–water partition coefficient (Wildman–Crippen LogP) is 1.98. The second-order valence-corrected chi connectivity index (χ2v) is 4.95. The van der Waals surface area contributed by atoms with Gasteiger partial charge in [0.2, 0.25) is 0 Å². The van der Waals surface area contributed by atoms with Gasteiger partial charge in [-0.3, -0.25) is 0 Å². The van der Waals surface area contributed by atoms with Crippen LogP contribution in [0.2, 0.25) is 13.1 Å². The van der Waals surface area contributed by atoms with Gasteiger partial charge in [-0.25, -0.2) is 0 Å². The maximum absolute atomic E-state index is 2.36. The molecule has 0 aliphatic rings. The van der Waals surface area contributed by atoms with Crippen LogP contribution in [0.1, 0.15) is 13.3 Å². The van der Waals surface area contributed by atoms with E-state index < -0.39 is 0 Å². The van der Waals surface area contributed by atoms with Gasteiger partial charge in [0.1, 0.15) is 0 Å². The number of allylic oxidation sites excluding steroid dienone is 1. The van der Waals surface area contributed by atoms with E-state index in [-0.39, 0.29) is 8.80 Å². The number of hydrogen-bond donors (Lipinski definition) is 0. The molecule has 0 aromatic rings. The second kappa shape index (κ2) is 4.12. The maximum Gasteiger partial charge on any atom is 0.0549 e. The monoisotopic (exact) mass is 114 g/mol. The van der Waals surface area contributed by atoms with Gasteiger partial charge < -0.3 is 0 Å². The van der Waals surface area contributed by atoms with Crippen LogP contribution in [0.4, 0.5) is 0 Å². The fourth-order valence-corrected chi connectivity index (χ4v) is 1.22. The van der Waals surface area contributed by atoms with E-state index in [1.807, 2.05) is 0 Å². The van der Waals surface area contributed by atoms with E-state index in [1.54, 1.807) is 0 Å². The Labute approximate surface area is 47.9 Å². The predicted molar refractivity (Wildman–Crippen MR) is 38.3 cm³/mol. The molecule has 0 heterocycles. The molecule has 0 N–H and O–H groups in total. The summed E-state index contributed by atoms with van der Waals surface area (Å²) in [6.45, 7) is 6.82. The molecule has 7 heavy (non-hydrogen) atoms. The Balaban J connectivity index is 3.08. The smallest absolute Gasteiger partial charge is 0.0549 e. The van der Waals surface area contributed by atoms with Crippen molar-refractivity contribution >= 4 is 8.80 Å². The molecule has 0 unspecified atom stereocenters. The van der Waals surface area contributed by atoms with Crippen LogP contribution in [-0.2, 0) is 0 Å². The van der Waals surface area contributed by atoms with Crippen molar-refractivity contribution in [2.24, 2.45) is 0 Å². The lowest BCUT2D eigenvalue weighted by molar-refractivity contribution is 1.23. The first-order valence-electron chi connectivity index (χ1n) is 2.94. The van der Waals surface area contributed by atoms with E-state index in [2.05, 4.69) is 31.8 Å². The number of hydrogen-bond acceptors (Lipinski definition) is 0. The van der Waals surface area contributed by atoms with Crippen molar-refractivity contribution in [3.63, 3.8) is 0 Å². The highest BCUT2D eigenvalue weighted by atomic mass is 28.3. The van der Waals surface area contributed by atoms with Gasteiger partial charge in [-0.1, -0.05) is 26.1 Å². The summed E-state index contributed by atoms with van der Waals surface area (Å²) in [5, 5.41) is 0. The Bertz CT molecular complexity index is 55.2. The summed E-state index contributed by atoms with van der Waals surface area (Å²) in [6.07, 6.45) is 3.46. The third kappa shape index (κ3) is 5.96. The van der Waals surface area contributed by atoms with E-state index in [4.69, 9.17) is 0 Å². The molecule has 0 saturated carbocycles. The first kappa shape index (κ1) is 6.96. The van der Waals surface area contributed by atoms with Gasteiger partial charge >= 0.3 is 0 Å². The van der Waals surface area contributed by atoms with E-state index in [0.717, 1.165) is 0 Å². The van der Waals surface area contributed by atoms with Gasteiger partial charge in [0, 0.05) is 0 Å². The summed E-state index contributed by atoms with van der Waals surface area (Å²) in [5.41, 5.74) is 2.36. The molecule has 0 fully saturated rings. The molecule has 0 aliphatic heterocycles. The molecule has 0 amide bonds. The van der Waals surface area contributed by atoms with Gasteiger partial charge in [-0.05, 0) is 6.42 Å². The van der Waals surface area contributed by atoms with E-state index in [0.29, 0.717) is 0 Å². The topological polar surface area (TPSA) is 0 Å². The minimum atomic E-state index is -0.369. The highest BCUT2D eigenvalue weighted by Crippen LogP contribution is 1.84. The normalized spacial score (nSPS) is 11.4. The summed E-state index contributed by atoms with van der Waals surface area (Å²) in [6, 6.07) is 0. The largest absolute Gasteiger partial charge is 0.102 e. The first-order valence-corrected chi connectivity index (χ1v) is 5.91. The third-order valence-electron chi connectivity index (χ3n) is 0.757. The minimum absolute atomic E-state index is 0.369. The average molecular weight is 114 g/mol. The molecule has 0 bridgehead atoms. The molecule has 1 heteroatoms. The van der Waals surface area contributed by atoms with Crippen LogP contribution in [0.15, 0.2) is 11.8 Å². The quantitative estimate of drug-likeness (QED) is 0.482. The van der Waals surface area contributed by atoms with Crippen molar-refractivity contribution in [2.45, 2.75) is 26.4 Å².